The van der Waals surface area contributed by atoms with E-state index in [-0.39, 0.29) is 11.9 Å². The molecule has 5 nitrogen and oxygen atoms in total. The number of hydrogen-bond donors (Lipinski definition) is 1. The topological polar surface area (TPSA) is 54.7 Å². The quantitative estimate of drug-likeness (QED) is 0.656. The van der Waals surface area contributed by atoms with Crippen LogP contribution in [0.15, 0.2) is 71.1 Å². The highest BCUT2D eigenvalue weighted by molar-refractivity contribution is 5.92. The predicted octanol–water partition coefficient (Wildman–Crippen LogP) is 4.95. The molecule has 4 heterocycles. The van der Waals surface area contributed by atoms with Crippen LogP contribution >= 0.6 is 0 Å². The van der Waals surface area contributed by atoms with E-state index in [4.69, 9.17) is 9.15 Å². The second-order valence-corrected chi connectivity index (χ2v) is 8.19. The van der Waals surface area contributed by atoms with Crippen LogP contribution in [0.25, 0.3) is 11.3 Å². The number of carbonyl (C=O) groups is 1. The Morgan fingerprint density at radius 1 is 1.00 bits per heavy atom. The number of nitrogens with zero attached hydrogens (tertiary/aromatic N) is 1. The Balaban J connectivity index is 1.34. The molecule has 1 amide bonds. The van der Waals surface area contributed by atoms with E-state index < -0.39 is 0 Å². The Kier molecular flexibility index (Phi) is 5.05. The Bertz CT molecular complexity index is 1020. The standard InChI is InChI=1S/C25H26N2O3/c1-17-24(18-13-15-27(17)16-14-18)26-25(28)23-12-11-22(30-23)20-9-5-6-10-21(20)29-19-7-3-2-4-8-19/h2-12,17-18,24H,13-16H2,1H3,(H,26,28). The van der Waals surface area contributed by atoms with Crippen LogP contribution in [0.2, 0.25) is 0 Å². The fraction of sp³-hybridized carbons (Fsp3) is 0.320. The monoisotopic (exact) mass is 402 g/mol. The maximum atomic E-state index is 12.9. The van der Waals surface area contributed by atoms with Gasteiger partial charge >= 0.3 is 0 Å². The summed E-state index contributed by atoms with van der Waals surface area (Å²) in [5.74, 6) is 2.82. The molecule has 2 atom stereocenters. The summed E-state index contributed by atoms with van der Waals surface area (Å²) in [5, 5.41) is 3.23. The van der Waals surface area contributed by atoms with Gasteiger partial charge in [-0.2, -0.15) is 0 Å². The molecule has 3 aliphatic rings. The number of fused-ring (bicyclic) bond motifs is 3. The molecule has 2 bridgehead atoms. The second-order valence-electron chi connectivity index (χ2n) is 8.19. The van der Waals surface area contributed by atoms with E-state index in [2.05, 4.69) is 17.1 Å². The maximum Gasteiger partial charge on any atom is 0.287 e. The number of hydrogen-bond acceptors (Lipinski definition) is 4. The van der Waals surface area contributed by atoms with E-state index >= 15 is 0 Å². The van der Waals surface area contributed by atoms with Gasteiger partial charge in [-0.15, -0.1) is 0 Å². The molecule has 30 heavy (non-hydrogen) atoms. The number of piperidine rings is 3. The molecule has 1 aromatic heterocycles. The van der Waals surface area contributed by atoms with Gasteiger partial charge in [0.15, 0.2) is 5.76 Å². The molecule has 3 aliphatic heterocycles. The number of amides is 1. The number of nitrogens with one attached hydrogen (secondary N) is 1. The summed E-state index contributed by atoms with van der Waals surface area (Å²) in [6.45, 7) is 4.49. The largest absolute Gasteiger partial charge is 0.457 e. The molecule has 2 unspecified atom stereocenters. The molecule has 6 rings (SSSR count). The zero-order chi connectivity index (χ0) is 20.5. The van der Waals surface area contributed by atoms with Gasteiger partial charge in [-0.3, -0.25) is 9.69 Å². The summed E-state index contributed by atoms with van der Waals surface area (Å²) in [6, 6.07) is 21.5. The van der Waals surface area contributed by atoms with Crippen molar-refractivity contribution in [3.8, 4) is 22.8 Å². The minimum absolute atomic E-state index is 0.145. The fourth-order valence-electron chi connectivity index (χ4n) is 4.75. The number of ether oxygens (including phenoxy) is 1. The lowest BCUT2D eigenvalue weighted by molar-refractivity contribution is 0.0211. The molecule has 3 saturated heterocycles. The minimum Gasteiger partial charge on any atom is -0.457 e. The summed E-state index contributed by atoms with van der Waals surface area (Å²) >= 11 is 0. The number of benzene rings is 2. The summed E-state index contributed by atoms with van der Waals surface area (Å²) in [7, 11) is 0. The third-order valence-electron chi connectivity index (χ3n) is 6.43. The Morgan fingerprint density at radius 3 is 2.50 bits per heavy atom. The van der Waals surface area contributed by atoms with Crippen LogP contribution in [0.1, 0.15) is 30.3 Å². The molecule has 0 radical (unpaired) electrons. The van der Waals surface area contributed by atoms with E-state index in [9.17, 15) is 4.79 Å². The van der Waals surface area contributed by atoms with Gasteiger partial charge in [0.05, 0.1) is 5.56 Å². The van der Waals surface area contributed by atoms with Crippen LogP contribution in [0, 0.1) is 5.92 Å². The van der Waals surface area contributed by atoms with Gasteiger partial charge in [0, 0.05) is 12.1 Å². The molecular weight excluding hydrogens is 376 g/mol. The summed E-state index contributed by atoms with van der Waals surface area (Å²) in [5.41, 5.74) is 0.816. The molecule has 5 heteroatoms. The average Bonchev–Trinajstić information content (AvgIpc) is 3.28. The van der Waals surface area contributed by atoms with Crippen molar-refractivity contribution >= 4 is 5.91 Å². The zero-order valence-electron chi connectivity index (χ0n) is 17.1. The lowest BCUT2D eigenvalue weighted by Gasteiger charge is -2.49. The van der Waals surface area contributed by atoms with Gasteiger partial charge < -0.3 is 14.5 Å². The van der Waals surface area contributed by atoms with Gasteiger partial charge in [0.2, 0.25) is 0 Å². The van der Waals surface area contributed by atoms with Crippen LogP contribution in [-0.4, -0.2) is 36.0 Å². The lowest BCUT2D eigenvalue weighted by Crippen LogP contribution is -2.62. The van der Waals surface area contributed by atoms with Crippen LogP contribution in [0.3, 0.4) is 0 Å². The van der Waals surface area contributed by atoms with E-state index in [0.717, 1.165) is 37.2 Å². The van der Waals surface area contributed by atoms with Crippen molar-refractivity contribution in [2.75, 3.05) is 13.1 Å². The first-order chi connectivity index (χ1) is 14.7. The second kappa shape index (κ2) is 8.00. The van der Waals surface area contributed by atoms with Crippen molar-refractivity contribution in [2.45, 2.75) is 31.8 Å². The number of furan rings is 1. The molecular formula is C25H26N2O3. The highest BCUT2D eigenvalue weighted by Gasteiger charge is 2.40. The van der Waals surface area contributed by atoms with Gasteiger partial charge in [-0.25, -0.2) is 0 Å². The van der Waals surface area contributed by atoms with Gasteiger partial charge in [-0.05, 0) is 75.2 Å². The van der Waals surface area contributed by atoms with Crippen molar-refractivity contribution < 1.29 is 13.9 Å². The van der Waals surface area contributed by atoms with Crippen LogP contribution in [0.4, 0.5) is 0 Å². The minimum atomic E-state index is -0.145. The van der Waals surface area contributed by atoms with E-state index in [0.29, 0.717) is 29.2 Å². The van der Waals surface area contributed by atoms with E-state index in [1.54, 1.807) is 6.07 Å². The molecule has 0 spiro atoms. The number of para-hydroxylation sites is 2. The first-order valence-electron chi connectivity index (χ1n) is 10.7. The Labute approximate surface area is 176 Å². The highest BCUT2D eigenvalue weighted by atomic mass is 16.5. The first-order valence-corrected chi connectivity index (χ1v) is 10.7. The molecule has 0 saturated carbocycles. The number of rotatable bonds is 5. The third-order valence-corrected chi connectivity index (χ3v) is 6.43. The fourth-order valence-corrected chi connectivity index (χ4v) is 4.75. The summed E-state index contributed by atoms with van der Waals surface area (Å²) < 4.78 is 12.0. The molecule has 3 fully saturated rings. The van der Waals surface area contributed by atoms with Crippen molar-refractivity contribution in [1.82, 2.24) is 10.2 Å². The summed E-state index contributed by atoms with van der Waals surface area (Å²) in [6.07, 6.45) is 2.31. The van der Waals surface area contributed by atoms with E-state index in [1.807, 2.05) is 60.7 Å². The van der Waals surface area contributed by atoms with Crippen molar-refractivity contribution in [2.24, 2.45) is 5.92 Å². The van der Waals surface area contributed by atoms with Crippen molar-refractivity contribution in [1.29, 1.82) is 0 Å². The average molecular weight is 402 g/mol. The maximum absolute atomic E-state index is 12.9. The Morgan fingerprint density at radius 2 is 1.73 bits per heavy atom. The highest BCUT2D eigenvalue weighted by Crippen LogP contribution is 2.35. The van der Waals surface area contributed by atoms with Crippen molar-refractivity contribution in [3.63, 3.8) is 0 Å². The zero-order valence-corrected chi connectivity index (χ0v) is 17.1. The first kappa shape index (κ1) is 18.9. The van der Waals surface area contributed by atoms with Crippen LogP contribution < -0.4 is 10.1 Å². The summed E-state index contributed by atoms with van der Waals surface area (Å²) in [4.78, 5) is 15.4. The predicted molar refractivity (Wildman–Crippen MR) is 116 cm³/mol. The molecule has 1 N–H and O–H groups in total. The normalized spacial score (nSPS) is 25.1. The van der Waals surface area contributed by atoms with Gasteiger partial charge in [0.1, 0.15) is 17.3 Å². The van der Waals surface area contributed by atoms with Crippen LogP contribution in [0.5, 0.6) is 11.5 Å². The lowest BCUT2D eigenvalue weighted by atomic mass is 9.79. The Hall–Kier alpha value is -3.05. The third kappa shape index (κ3) is 3.61. The molecule has 0 aliphatic carbocycles. The van der Waals surface area contributed by atoms with Crippen LogP contribution in [-0.2, 0) is 0 Å². The number of carbonyl (C=O) groups excluding carboxylic acids is 1. The molecule has 2 aromatic carbocycles. The van der Waals surface area contributed by atoms with E-state index in [1.165, 1.54) is 0 Å². The smallest absolute Gasteiger partial charge is 0.287 e. The SMILES string of the molecule is CC1C(NC(=O)c2ccc(-c3ccccc3Oc3ccccc3)o2)C2CCN1CC2. The van der Waals surface area contributed by atoms with Gasteiger partial charge in [0.25, 0.3) is 5.91 Å². The molecule has 3 aromatic rings. The molecule has 154 valence electrons. The van der Waals surface area contributed by atoms with Gasteiger partial charge in [-0.1, -0.05) is 30.3 Å². The van der Waals surface area contributed by atoms with Crippen molar-refractivity contribution in [3.05, 3.63) is 72.5 Å².